The highest BCUT2D eigenvalue weighted by Gasteiger charge is 2.20. The van der Waals surface area contributed by atoms with Crippen LogP contribution >= 0.6 is 15.9 Å². The minimum atomic E-state index is -0.734. The van der Waals surface area contributed by atoms with Crippen molar-refractivity contribution in [3.63, 3.8) is 0 Å². The fourth-order valence-corrected chi connectivity index (χ4v) is 2.68. The topological polar surface area (TPSA) is 17.1 Å². The van der Waals surface area contributed by atoms with Crippen LogP contribution in [0.2, 0.25) is 0 Å². The van der Waals surface area contributed by atoms with Gasteiger partial charge in [-0.15, -0.1) is 0 Å². The van der Waals surface area contributed by atoms with E-state index in [1.165, 1.54) is 0 Å². The number of carbonyl (C=O) groups is 1. The molecule has 0 radical (unpaired) electrons. The van der Waals surface area contributed by atoms with E-state index in [0.29, 0.717) is 5.56 Å². The van der Waals surface area contributed by atoms with E-state index in [0.717, 1.165) is 28.8 Å². The zero-order chi connectivity index (χ0) is 15.0. The summed E-state index contributed by atoms with van der Waals surface area (Å²) in [5.41, 5.74) is 2.72. The highest BCUT2D eigenvalue weighted by Crippen LogP contribution is 2.25. The molecule has 0 aliphatic heterocycles. The van der Waals surface area contributed by atoms with Crippen LogP contribution in [0.15, 0.2) is 28.7 Å². The van der Waals surface area contributed by atoms with Crippen molar-refractivity contribution < 1.29 is 13.6 Å². The maximum atomic E-state index is 13.9. The standard InChI is InChI=1S/C16H13BrF2O/c1-8-4-9(2)15(10(3)5-8)16(20)11-6-14(19)12(17)7-13(11)18/h4-7H,1-3H3. The van der Waals surface area contributed by atoms with Crippen molar-refractivity contribution in [1.82, 2.24) is 0 Å². The van der Waals surface area contributed by atoms with Crippen molar-refractivity contribution in [1.29, 1.82) is 0 Å². The van der Waals surface area contributed by atoms with Crippen LogP contribution in [0.4, 0.5) is 8.78 Å². The van der Waals surface area contributed by atoms with Crippen LogP contribution in [0.25, 0.3) is 0 Å². The lowest BCUT2D eigenvalue weighted by Crippen LogP contribution is -2.09. The summed E-state index contributed by atoms with van der Waals surface area (Å²) >= 11 is 2.90. The molecule has 0 atom stereocenters. The summed E-state index contributed by atoms with van der Waals surface area (Å²) in [6.07, 6.45) is 0. The van der Waals surface area contributed by atoms with Crippen LogP contribution in [0.5, 0.6) is 0 Å². The highest BCUT2D eigenvalue weighted by atomic mass is 79.9. The summed E-state index contributed by atoms with van der Waals surface area (Å²) in [5.74, 6) is -1.89. The predicted molar refractivity (Wildman–Crippen MR) is 78.1 cm³/mol. The molecule has 0 fully saturated rings. The van der Waals surface area contributed by atoms with E-state index < -0.39 is 17.4 Å². The fourth-order valence-electron chi connectivity index (χ4n) is 2.37. The Morgan fingerprint density at radius 2 is 1.50 bits per heavy atom. The van der Waals surface area contributed by atoms with Gasteiger partial charge in [-0.25, -0.2) is 8.78 Å². The first-order valence-corrected chi connectivity index (χ1v) is 6.87. The quantitative estimate of drug-likeness (QED) is 0.563. The smallest absolute Gasteiger partial charge is 0.196 e. The van der Waals surface area contributed by atoms with Gasteiger partial charge in [0, 0.05) is 5.56 Å². The number of benzene rings is 2. The van der Waals surface area contributed by atoms with Gasteiger partial charge in [0.05, 0.1) is 10.0 Å². The lowest BCUT2D eigenvalue weighted by Gasteiger charge is -2.11. The normalized spacial score (nSPS) is 10.7. The van der Waals surface area contributed by atoms with Gasteiger partial charge in [-0.1, -0.05) is 17.7 Å². The van der Waals surface area contributed by atoms with Gasteiger partial charge < -0.3 is 0 Å². The molecule has 104 valence electrons. The van der Waals surface area contributed by atoms with Gasteiger partial charge in [0.15, 0.2) is 5.78 Å². The highest BCUT2D eigenvalue weighted by molar-refractivity contribution is 9.10. The van der Waals surface area contributed by atoms with E-state index in [9.17, 15) is 13.6 Å². The minimum absolute atomic E-state index is 0.00361. The Labute approximate surface area is 124 Å². The summed E-state index contributed by atoms with van der Waals surface area (Å²) in [6, 6.07) is 5.61. The SMILES string of the molecule is Cc1cc(C)c(C(=O)c2cc(F)c(Br)cc2F)c(C)c1. The molecule has 0 N–H and O–H groups in total. The zero-order valence-electron chi connectivity index (χ0n) is 11.4. The Bertz CT molecular complexity index is 685. The van der Waals surface area contributed by atoms with Crippen LogP contribution in [-0.2, 0) is 0 Å². The van der Waals surface area contributed by atoms with Crippen LogP contribution in [0.3, 0.4) is 0 Å². The van der Waals surface area contributed by atoms with Crippen molar-refractivity contribution >= 4 is 21.7 Å². The van der Waals surface area contributed by atoms with E-state index in [1.807, 2.05) is 19.1 Å². The Balaban J connectivity index is 2.61. The van der Waals surface area contributed by atoms with Gasteiger partial charge >= 0.3 is 0 Å². The molecular weight excluding hydrogens is 326 g/mol. The first-order valence-electron chi connectivity index (χ1n) is 6.08. The molecule has 1 nitrogen and oxygen atoms in total. The Kier molecular flexibility index (Phi) is 4.04. The van der Waals surface area contributed by atoms with E-state index in [2.05, 4.69) is 15.9 Å². The molecule has 2 aromatic rings. The van der Waals surface area contributed by atoms with E-state index in [-0.39, 0.29) is 10.0 Å². The number of ketones is 1. The monoisotopic (exact) mass is 338 g/mol. The minimum Gasteiger partial charge on any atom is -0.288 e. The van der Waals surface area contributed by atoms with Crippen LogP contribution in [0.1, 0.15) is 32.6 Å². The maximum Gasteiger partial charge on any atom is 0.196 e. The molecule has 0 aliphatic rings. The number of carbonyl (C=O) groups excluding carboxylic acids is 1. The molecule has 0 aliphatic carbocycles. The molecule has 2 aromatic carbocycles. The molecule has 0 saturated carbocycles. The Morgan fingerprint density at radius 1 is 0.950 bits per heavy atom. The lowest BCUT2D eigenvalue weighted by atomic mass is 9.93. The third-order valence-corrected chi connectivity index (χ3v) is 3.77. The first-order chi connectivity index (χ1) is 9.31. The molecule has 0 amide bonds. The van der Waals surface area contributed by atoms with Crippen molar-refractivity contribution in [2.45, 2.75) is 20.8 Å². The number of halogens is 3. The van der Waals surface area contributed by atoms with Crippen molar-refractivity contribution in [2.75, 3.05) is 0 Å². The van der Waals surface area contributed by atoms with E-state index in [4.69, 9.17) is 0 Å². The van der Waals surface area contributed by atoms with Gasteiger partial charge in [-0.05, 0) is 60.0 Å². The molecule has 2 rings (SSSR count). The van der Waals surface area contributed by atoms with Crippen LogP contribution in [0, 0.1) is 32.4 Å². The number of hydrogen-bond donors (Lipinski definition) is 0. The molecule has 0 saturated heterocycles. The maximum absolute atomic E-state index is 13.9. The summed E-state index contributed by atoms with van der Waals surface area (Å²) < 4.78 is 27.4. The number of aryl methyl sites for hydroxylation is 3. The summed E-state index contributed by atoms with van der Waals surface area (Å²) in [5, 5.41) is 0. The molecule has 0 unspecified atom stereocenters. The second kappa shape index (κ2) is 5.44. The van der Waals surface area contributed by atoms with Gasteiger partial charge in [-0.2, -0.15) is 0 Å². The molecular formula is C16H13BrF2O. The second-order valence-corrected chi connectivity index (χ2v) is 5.70. The van der Waals surface area contributed by atoms with Crippen molar-refractivity contribution in [3.8, 4) is 0 Å². The molecule has 0 bridgehead atoms. The zero-order valence-corrected chi connectivity index (χ0v) is 12.9. The molecule has 0 heterocycles. The third kappa shape index (κ3) is 2.66. The van der Waals surface area contributed by atoms with Crippen molar-refractivity contribution in [2.24, 2.45) is 0 Å². The van der Waals surface area contributed by atoms with Crippen molar-refractivity contribution in [3.05, 3.63) is 68.2 Å². The number of hydrogen-bond acceptors (Lipinski definition) is 1. The molecule has 4 heteroatoms. The molecule has 20 heavy (non-hydrogen) atoms. The largest absolute Gasteiger partial charge is 0.288 e. The number of rotatable bonds is 2. The van der Waals surface area contributed by atoms with Gasteiger partial charge in [-0.3, -0.25) is 4.79 Å². The van der Waals surface area contributed by atoms with Crippen LogP contribution < -0.4 is 0 Å². The van der Waals surface area contributed by atoms with Gasteiger partial charge in [0.25, 0.3) is 0 Å². The second-order valence-electron chi connectivity index (χ2n) is 4.85. The predicted octanol–water partition coefficient (Wildman–Crippen LogP) is 4.88. The summed E-state index contributed by atoms with van der Waals surface area (Å²) in [7, 11) is 0. The average Bonchev–Trinajstić information content (AvgIpc) is 2.32. The summed E-state index contributed by atoms with van der Waals surface area (Å²) in [4.78, 5) is 12.5. The van der Waals surface area contributed by atoms with Crippen LogP contribution in [-0.4, -0.2) is 5.78 Å². The van der Waals surface area contributed by atoms with Gasteiger partial charge in [0.1, 0.15) is 11.6 Å². The molecule has 0 aromatic heterocycles. The average molecular weight is 339 g/mol. The lowest BCUT2D eigenvalue weighted by molar-refractivity contribution is 0.103. The Morgan fingerprint density at radius 3 is 2.05 bits per heavy atom. The van der Waals surface area contributed by atoms with Gasteiger partial charge in [0.2, 0.25) is 0 Å². The third-order valence-electron chi connectivity index (χ3n) is 3.16. The summed E-state index contributed by atoms with van der Waals surface area (Å²) in [6.45, 7) is 5.51. The first kappa shape index (κ1) is 14.9. The molecule has 0 spiro atoms. The van der Waals surface area contributed by atoms with E-state index >= 15 is 0 Å². The fraction of sp³-hybridized carbons (Fsp3) is 0.188. The Hall–Kier alpha value is -1.55. The van der Waals surface area contributed by atoms with E-state index in [1.54, 1.807) is 13.8 Å².